The van der Waals surface area contributed by atoms with Crippen LogP contribution in [-0.4, -0.2) is 42.9 Å². The van der Waals surface area contributed by atoms with Gasteiger partial charge in [-0.15, -0.1) is 0 Å². The van der Waals surface area contributed by atoms with E-state index in [1.807, 2.05) is 31.2 Å². The molecule has 0 saturated carbocycles. The van der Waals surface area contributed by atoms with Crippen LogP contribution >= 0.6 is 43.6 Å². The van der Waals surface area contributed by atoms with E-state index < -0.39 is 0 Å². The summed E-state index contributed by atoms with van der Waals surface area (Å²) in [6.07, 6.45) is 1.69. The topological polar surface area (TPSA) is 65.1 Å². The molecule has 0 aliphatic carbocycles. The summed E-state index contributed by atoms with van der Waals surface area (Å²) in [7, 11) is 1.56. The van der Waals surface area contributed by atoms with Crippen LogP contribution in [0.1, 0.15) is 12.5 Å². The van der Waals surface area contributed by atoms with Crippen LogP contribution in [-0.2, 0) is 4.79 Å². The normalized spacial score (nSPS) is 15.1. The van der Waals surface area contributed by atoms with Gasteiger partial charge in [-0.05, 0) is 86.5 Å². The first-order chi connectivity index (χ1) is 14.4. The van der Waals surface area contributed by atoms with Crippen molar-refractivity contribution in [1.29, 1.82) is 0 Å². The Labute approximate surface area is 195 Å². The maximum Gasteiger partial charge on any atom is 0.293 e. The zero-order chi connectivity index (χ0) is 21.7. The number of benzene rings is 2. The number of thioether (sulfide) groups is 1. The molecule has 2 aromatic carbocycles. The molecule has 0 bridgehead atoms. The third-order valence-electron chi connectivity index (χ3n) is 4.12. The third-order valence-corrected chi connectivity index (χ3v) is 6.21. The Morgan fingerprint density at radius 2 is 1.73 bits per heavy atom. The minimum atomic E-state index is -0.338. The molecule has 0 aromatic heterocycles. The second-order valence-electron chi connectivity index (χ2n) is 6.08. The van der Waals surface area contributed by atoms with Gasteiger partial charge < -0.3 is 14.2 Å². The predicted octanol–water partition coefficient (Wildman–Crippen LogP) is 5.73. The SMILES string of the molecule is CCOc1c(Br)cc(/C=C2\SC(=O)N(CCOc3ccccc3OC)C2=O)cc1Br. The third kappa shape index (κ3) is 5.19. The van der Waals surface area contributed by atoms with E-state index in [1.54, 1.807) is 25.3 Å². The van der Waals surface area contributed by atoms with Crippen LogP contribution in [0.5, 0.6) is 17.2 Å². The van der Waals surface area contributed by atoms with Crippen molar-refractivity contribution in [2.75, 3.05) is 26.9 Å². The average molecular weight is 557 g/mol. The maximum absolute atomic E-state index is 12.7. The fourth-order valence-electron chi connectivity index (χ4n) is 2.77. The van der Waals surface area contributed by atoms with E-state index in [0.29, 0.717) is 28.8 Å². The number of carbonyl (C=O) groups excluding carboxylic acids is 2. The number of carbonyl (C=O) groups is 2. The monoisotopic (exact) mass is 555 g/mol. The molecule has 0 spiro atoms. The lowest BCUT2D eigenvalue weighted by Gasteiger charge is -2.14. The quantitative estimate of drug-likeness (QED) is 0.387. The highest BCUT2D eigenvalue weighted by molar-refractivity contribution is 9.11. The fraction of sp³-hybridized carbons (Fsp3) is 0.238. The van der Waals surface area contributed by atoms with Gasteiger partial charge in [0, 0.05) is 0 Å². The van der Waals surface area contributed by atoms with Gasteiger partial charge in [-0.25, -0.2) is 0 Å². The molecule has 1 aliphatic heterocycles. The summed E-state index contributed by atoms with van der Waals surface area (Å²) in [5.74, 6) is 1.51. The van der Waals surface area contributed by atoms with Crippen molar-refractivity contribution in [3.05, 3.63) is 55.8 Å². The molecular weight excluding hydrogens is 538 g/mol. The van der Waals surface area contributed by atoms with Crippen molar-refractivity contribution >= 4 is 60.8 Å². The van der Waals surface area contributed by atoms with Gasteiger partial charge in [-0.1, -0.05) is 12.1 Å². The van der Waals surface area contributed by atoms with E-state index in [4.69, 9.17) is 14.2 Å². The zero-order valence-corrected chi connectivity index (χ0v) is 20.3. The van der Waals surface area contributed by atoms with Gasteiger partial charge >= 0.3 is 0 Å². The number of para-hydroxylation sites is 2. The lowest BCUT2D eigenvalue weighted by Crippen LogP contribution is -2.32. The lowest BCUT2D eigenvalue weighted by atomic mass is 10.2. The Kier molecular flexibility index (Phi) is 7.85. The van der Waals surface area contributed by atoms with Crippen molar-refractivity contribution in [2.24, 2.45) is 0 Å². The van der Waals surface area contributed by atoms with Crippen LogP contribution in [0, 0.1) is 0 Å². The number of ether oxygens (including phenoxy) is 3. The highest BCUT2D eigenvalue weighted by Gasteiger charge is 2.34. The van der Waals surface area contributed by atoms with E-state index in [0.717, 1.165) is 26.3 Å². The number of hydrogen-bond acceptors (Lipinski definition) is 6. The molecule has 1 fully saturated rings. The van der Waals surface area contributed by atoms with E-state index >= 15 is 0 Å². The highest BCUT2D eigenvalue weighted by Crippen LogP contribution is 2.37. The maximum atomic E-state index is 12.7. The predicted molar refractivity (Wildman–Crippen MR) is 124 cm³/mol. The van der Waals surface area contributed by atoms with Crippen LogP contribution in [0.2, 0.25) is 0 Å². The molecule has 0 N–H and O–H groups in total. The fourth-order valence-corrected chi connectivity index (χ4v) is 5.09. The number of nitrogens with zero attached hydrogens (tertiary/aromatic N) is 1. The molecule has 158 valence electrons. The van der Waals surface area contributed by atoms with Crippen molar-refractivity contribution in [3.63, 3.8) is 0 Å². The summed E-state index contributed by atoms with van der Waals surface area (Å²) in [5, 5.41) is -0.320. The Bertz CT molecular complexity index is 972. The van der Waals surface area contributed by atoms with Crippen molar-refractivity contribution < 1.29 is 23.8 Å². The van der Waals surface area contributed by atoms with Crippen LogP contribution in [0.3, 0.4) is 0 Å². The number of hydrogen-bond donors (Lipinski definition) is 0. The first kappa shape index (κ1) is 22.7. The number of methoxy groups -OCH3 is 1. The minimum absolute atomic E-state index is 0.150. The summed E-state index contributed by atoms with van der Waals surface area (Å²) in [6.45, 7) is 2.76. The molecule has 30 heavy (non-hydrogen) atoms. The van der Waals surface area contributed by atoms with Gasteiger partial charge in [-0.2, -0.15) is 0 Å². The van der Waals surface area contributed by atoms with E-state index in [-0.39, 0.29) is 24.3 Å². The van der Waals surface area contributed by atoms with Crippen LogP contribution in [0.4, 0.5) is 4.79 Å². The largest absolute Gasteiger partial charge is 0.493 e. The molecule has 2 aromatic rings. The van der Waals surface area contributed by atoms with Gasteiger partial charge in [-0.3, -0.25) is 14.5 Å². The summed E-state index contributed by atoms with van der Waals surface area (Å²) >= 11 is 7.86. The molecule has 0 atom stereocenters. The Hall–Kier alpha value is -1.97. The molecule has 9 heteroatoms. The molecular formula is C21H19Br2NO5S. The number of imide groups is 1. The van der Waals surface area contributed by atoms with Gasteiger partial charge in [0.05, 0.1) is 34.1 Å². The van der Waals surface area contributed by atoms with Crippen molar-refractivity contribution in [3.8, 4) is 17.2 Å². The second kappa shape index (κ2) is 10.4. The summed E-state index contributed by atoms with van der Waals surface area (Å²) < 4.78 is 18.0. The van der Waals surface area contributed by atoms with Crippen molar-refractivity contribution in [2.45, 2.75) is 6.92 Å². The van der Waals surface area contributed by atoms with Crippen LogP contribution in [0.25, 0.3) is 6.08 Å². The summed E-state index contributed by atoms with van der Waals surface area (Å²) in [6, 6.07) is 10.9. The Balaban J connectivity index is 1.68. The van der Waals surface area contributed by atoms with Crippen LogP contribution in [0.15, 0.2) is 50.2 Å². The second-order valence-corrected chi connectivity index (χ2v) is 8.78. The summed E-state index contributed by atoms with van der Waals surface area (Å²) in [5.41, 5.74) is 0.771. The van der Waals surface area contributed by atoms with Crippen LogP contribution < -0.4 is 14.2 Å². The highest BCUT2D eigenvalue weighted by atomic mass is 79.9. The molecule has 3 rings (SSSR count). The minimum Gasteiger partial charge on any atom is -0.493 e. The van der Waals surface area contributed by atoms with Gasteiger partial charge in [0.15, 0.2) is 11.5 Å². The standard InChI is InChI=1S/C21H19Br2NO5S/c1-3-28-19-14(22)10-13(11-15(19)23)12-18-20(25)24(21(26)30-18)8-9-29-17-7-5-4-6-16(17)27-2/h4-7,10-12H,3,8-9H2,1-2H3/b18-12-. The lowest BCUT2D eigenvalue weighted by molar-refractivity contribution is -0.123. The van der Waals surface area contributed by atoms with E-state index in [2.05, 4.69) is 31.9 Å². The molecule has 6 nitrogen and oxygen atoms in total. The van der Waals surface area contributed by atoms with E-state index in [9.17, 15) is 9.59 Å². The molecule has 1 heterocycles. The zero-order valence-electron chi connectivity index (χ0n) is 16.3. The number of halogens is 2. The smallest absolute Gasteiger partial charge is 0.293 e. The van der Waals surface area contributed by atoms with E-state index in [1.165, 1.54) is 4.90 Å². The van der Waals surface area contributed by atoms with Gasteiger partial charge in [0.2, 0.25) is 0 Å². The Morgan fingerprint density at radius 3 is 2.37 bits per heavy atom. The van der Waals surface area contributed by atoms with Gasteiger partial charge in [0.1, 0.15) is 12.4 Å². The number of amides is 2. The molecule has 0 unspecified atom stereocenters. The molecule has 2 amide bonds. The van der Waals surface area contributed by atoms with Crippen molar-refractivity contribution in [1.82, 2.24) is 4.90 Å². The first-order valence-corrected chi connectivity index (χ1v) is 11.5. The summed E-state index contributed by atoms with van der Waals surface area (Å²) in [4.78, 5) is 26.6. The average Bonchev–Trinajstić information content (AvgIpc) is 2.98. The first-order valence-electron chi connectivity index (χ1n) is 9.07. The molecule has 1 saturated heterocycles. The Morgan fingerprint density at radius 1 is 1.07 bits per heavy atom. The molecule has 0 radical (unpaired) electrons. The number of rotatable bonds is 8. The molecule has 1 aliphatic rings. The van der Waals surface area contributed by atoms with Gasteiger partial charge in [0.25, 0.3) is 11.1 Å².